The van der Waals surface area contributed by atoms with Crippen LogP contribution in [0.4, 0.5) is 0 Å². The van der Waals surface area contributed by atoms with Crippen molar-refractivity contribution < 1.29 is 4.79 Å². The molecule has 4 nitrogen and oxygen atoms in total. The molecule has 5 heteroatoms. The molecule has 2 aliphatic rings. The Morgan fingerprint density at radius 3 is 2.81 bits per heavy atom. The first-order valence-electron chi connectivity index (χ1n) is 10.3. The maximum Gasteiger partial charge on any atom is 0.224 e. The summed E-state index contributed by atoms with van der Waals surface area (Å²) < 4.78 is 2.16. The number of carbonyl (C=O) groups excluding carboxylic acids is 1. The highest BCUT2D eigenvalue weighted by Gasteiger charge is 2.34. The third-order valence-corrected chi connectivity index (χ3v) is 7.15. The zero-order valence-corrected chi connectivity index (χ0v) is 17.1. The lowest BCUT2D eigenvalue weighted by molar-refractivity contribution is -0.131. The number of piperidine rings is 2. The lowest BCUT2D eigenvalue weighted by atomic mass is 9.83. The second-order valence-electron chi connectivity index (χ2n) is 8.18. The highest BCUT2D eigenvalue weighted by molar-refractivity contribution is 7.08. The fraction of sp³-hybridized carbons (Fsp3) is 0.591. The Kier molecular flexibility index (Phi) is 5.98. The van der Waals surface area contributed by atoms with Gasteiger partial charge in [0.2, 0.25) is 5.91 Å². The fourth-order valence-electron chi connectivity index (χ4n) is 4.98. The molecule has 0 aliphatic carbocycles. The highest BCUT2D eigenvalue weighted by Crippen LogP contribution is 2.32. The zero-order valence-electron chi connectivity index (χ0n) is 16.3. The second kappa shape index (κ2) is 8.61. The van der Waals surface area contributed by atoms with Crippen molar-refractivity contribution in [2.24, 2.45) is 5.92 Å². The summed E-state index contributed by atoms with van der Waals surface area (Å²) in [5, 5.41) is 4.26. The topological polar surface area (TPSA) is 28.5 Å². The number of aromatic nitrogens is 1. The SMILES string of the molecule is CN(CC1CCCN2CCCCC12)C(=O)CC(c1ccsc1)n1cccc1. The van der Waals surface area contributed by atoms with Gasteiger partial charge in [-0.05, 0) is 79.2 Å². The summed E-state index contributed by atoms with van der Waals surface area (Å²) in [6.07, 6.45) is 11.2. The molecule has 2 aromatic heterocycles. The smallest absolute Gasteiger partial charge is 0.224 e. The van der Waals surface area contributed by atoms with Crippen LogP contribution in [0.2, 0.25) is 0 Å². The Balaban J connectivity index is 1.41. The summed E-state index contributed by atoms with van der Waals surface area (Å²) >= 11 is 1.70. The van der Waals surface area contributed by atoms with E-state index in [1.54, 1.807) is 11.3 Å². The van der Waals surface area contributed by atoms with Crippen LogP contribution in [-0.4, -0.2) is 53.0 Å². The van der Waals surface area contributed by atoms with Crippen LogP contribution in [0.15, 0.2) is 41.4 Å². The van der Waals surface area contributed by atoms with Crippen molar-refractivity contribution >= 4 is 17.2 Å². The monoisotopic (exact) mass is 385 g/mol. The minimum absolute atomic E-state index is 0.0961. The molecular formula is C22H31N3OS. The number of amides is 1. The van der Waals surface area contributed by atoms with E-state index >= 15 is 0 Å². The van der Waals surface area contributed by atoms with Gasteiger partial charge in [0, 0.05) is 32.0 Å². The lowest BCUT2D eigenvalue weighted by Crippen LogP contribution is -2.51. The van der Waals surface area contributed by atoms with Gasteiger partial charge in [0.25, 0.3) is 0 Å². The fourth-order valence-corrected chi connectivity index (χ4v) is 5.69. The van der Waals surface area contributed by atoms with E-state index in [1.165, 1.54) is 50.8 Å². The molecule has 0 N–H and O–H groups in total. The number of nitrogens with zero attached hydrogens (tertiary/aromatic N) is 3. The van der Waals surface area contributed by atoms with E-state index in [1.807, 2.05) is 24.1 Å². The molecule has 2 aromatic rings. The first-order chi connectivity index (χ1) is 13.2. The van der Waals surface area contributed by atoms with Gasteiger partial charge >= 0.3 is 0 Å². The highest BCUT2D eigenvalue weighted by atomic mass is 32.1. The van der Waals surface area contributed by atoms with Gasteiger partial charge in [-0.15, -0.1) is 0 Å². The quantitative estimate of drug-likeness (QED) is 0.744. The van der Waals surface area contributed by atoms with Crippen molar-refractivity contribution in [3.05, 3.63) is 46.9 Å². The number of carbonyl (C=O) groups is 1. The molecule has 0 spiro atoms. The summed E-state index contributed by atoms with van der Waals surface area (Å²) in [5.41, 5.74) is 1.23. The van der Waals surface area contributed by atoms with E-state index in [0.29, 0.717) is 18.4 Å². The second-order valence-corrected chi connectivity index (χ2v) is 8.96. The number of thiophene rings is 1. The van der Waals surface area contributed by atoms with E-state index < -0.39 is 0 Å². The maximum absolute atomic E-state index is 13.1. The van der Waals surface area contributed by atoms with E-state index in [-0.39, 0.29) is 11.9 Å². The molecular weight excluding hydrogens is 354 g/mol. The van der Waals surface area contributed by atoms with Crippen LogP contribution in [0.3, 0.4) is 0 Å². The van der Waals surface area contributed by atoms with Crippen molar-refractivity contribution in [3.63, 3.8) is 0 Å². The molecule has 1 amide bonds. The van der Waals surface area contributed by atoms with Crippen molar-refractivity contribution in [2.45, 2.75) is 50.6 Å². The van der Waals surface area contributed by atoms with Crippen LogP contribution in [0.1, 0.15) is 50.1 Å². The molecule has 4 rings (SSSR count). The normalized spacial score (nSPS) is 24.3. The lowest BCUT2D eigenvalue weighted by Gasteiger charge is -2.45. The standard InChI is InChI=1S/C22H31N3OS/c1-23(16-18-7-6-13-24-10-3-2-8-20(18)24)22(26)15-21(19-9-14-27-17-19)25-11-4-5-12-25/h4-5,9,11-12,14,17-18,20-21H,2-3,6-8,10,13,15-16H2,1H3. The third kappa shape index (κ3) is 4.30. The Labute approximate surface area is 166 Å². The van der Waals surface area contributed by atoms with Gasteiger partial charge in [0.05, 0.1) is 12.5 Å². The molecule has 2 fully saturated rings. The van der Waals surface area contributed by atoms with Gasteiger partial charge in [0.15, 0.2) is 0 Å². The van der Waals surface area contributed by atoms with E-state index in [4.69, 9.17) is 0 Å². The van der Waals surface area contributed by atoms with Crippen LogP contribution >= 0.6 is 11.3 Å². The number of fused-ring (bicyclic) bond motifs is 1. The Morgan fingerprint density at radius 1 is 1.22 bits per heavy atom. The molecule has 2 saturated heterocycles. The minimum atomic E-state index is 0.0961. The van der Waals surface area contributed by atoms with Crippen molar-refractivity contribution in [2.75, 3.05) is 26.7 Å². The van der Waals surface area contributed by atoms with Crippen LogP contribution in [0, 0.1) is 5.92 Å². The molecule has 4 heterocycles. The van der Waals surface area contributed by atoms with Crippen LogP contribution in [-0.2, 0) is 4.79 Å². The van der Waals surface area contributed by atoms with Gasteiger partial charge in [0.1, 0.15) is 0 Å². The predicted octanol–water partition coefficient (Wildman–Crippen LogP) is 4.25. The largest absolute Gasteiger partial charge is 0.346 e. The molecule has 3 unspecified atom stereocenters. The van der Waals surface area contributed by atoms with Crippen molar-refractivity contribution in [3.8, 4) is 0 Å². The zero-order chi connectivity index (χ0) is 18.6. The average Bonchev–Trinajstić information content (AvgIpc) is 3.40. The summed E-state index contributed by atoms with van der Waals surface area (Å²) in [6.45, 7) is 3.42. The van der Waals surface area contributed by atoms with Crippen molar-refractivity contribution in [1.82, 2.24) is 14.4 Å². The summed E-state index contributed by atoms with van der Waals surface area (Å²) in [7, 11) is 2.00. The van der Waals surface area contributed by atoms with Gasteiger partial charge in [-0.1, -0.05) is 6.42 Å². The first kappa shape index (κ1) is 18.8. The van der Waals surface area contributed by atoms with Gasteiger partial charge < -0.3 is 14.4 Å². The van der Waals surface area contributed by atoms with E-state index in [0.717, 1.165) is 6.54 Å². The number of hydrogen-bond donors (Lipinski definition) is 0. The van der Waals surface area contributed by atoms with E-state index in [2.05, 4.69) is 38.7 Å². The summed E-state index contributed by atoms with van der Waals surface area (Å²) in [6, 6.07) is 7.00. The maximum atomic E-state index is 13.1. The first-order valence-corrected chi connectivity index (χ1v) is 11.3. The van der Waals surface area contributed by atoms with Crippen molar-refractivity contribution in [1.29, 1.82) is 0 Å². The molecule has 0 saturated carbocycles. The molecule has 27 heavy (non-hydrogen) atoms. The Morgan fingerprint density at radius 2 is 2.04 bits per heavy atom. The number of hydrogen-bond acceptors (Lipinski definition) is 3. The molecule has 0 aromatic carbocycles. The van der Waals surface area contributed by atoms with Gasteiger partial charge in [-0.3, -0.25) is 4.79 Å². The molecule has 0 radical (unpaired) electrons. The molecule has 0 bridgehead atoms. The molecule has 3 atom stereocenters. The summed E-state index contributed by atoms with van der Waals surface area (Å²) in [4.78, 5) is 17.8. The Hall–Kier alpha value is -1.59. The third-order valence-electron chi connectivity index (χ3n) is 6.45. The Bertz CT molecular complexity index is 676. The van der Waals surface area contributed by atoms with E-state index in [9.17, 15) is 4.79 Å². The van der Waals surface area contributed by atoms with Gasteiger partial charge in [-0.25, -0.2) is 0 Å². The van der Waals surface area contributed by atoms with Crippen LogP contribution in [0.25, 0.3) is 0 Å². The summed E-state index contributed by atoms with van der Waals surface area (Å²) in [5.74, 6) is 0.895. The molecule has 146 valence electrons. The average molecular weight is 386 g/mol. The predicted molar refractivity (Wildman–Crippen MR) is 111 cm³/mol. The van der Waals surface area contributed by atoms with Crippen LogP contribution < -0.4 is 0 Å². The molecule has 2 aliphatic heterocycles. The van der Waals surface area contributed by atoms with Gasteiger partial charge in [-0.2, -0.15) is 11.3 Å². The number of rotatable bonds is 6. The minimum Gasteiger partial charge on any atom is -0.346 e. The van der Waals surface area contributed by atoms with Crippen LogP contribution in [0.5, 0.6) is 0 Å².